The highest BCUT2D eigenvalue weighted by molar-refractivity contribution is 6.23. The van der Waals surface area contributed by atoms with Crippen LogP contribution in [0.25, 0.3) is 10.8 Å². The lowest BCUT2D eigenvalue weighted by Gasteiger charge is -2.13. The van der Waals surface area contributed by atoms with Crippen LogP contribution in [-0.4, -0.2) is 0 Å². The van der Waals surface area contributed by atoms with Crippen molar-refractivity contribution in [3.8, 4) is 0 Å². The van der Waals surface area contributed by atoms with Crippen molar-refractivity contribution in [2.75, 3.05) is 0 Å². The molecule has 0 saturated carbocycles. The van der Waals surface area contributed by atoms with Crippen LogP contribution in [0.15, 0.2) is 72.8 Å². The number of hydrogen-bond donors (Lipinski definition) is 0. The summed E-state index contributed by atoms with van der Waals surface area (Å²) >= 11 is 6.61. The Morgan fingerprint density at radius 2 is 1.33 bits per heavy atom. The number of alkyl halides is 1. The second-order valence-corrected chi connectivity index (χ2v) is 4.78. The van der Waals surface area contributed by atoms with E-state index >= 15 is 0 Å². The first-order chi connectivity index (χ1) is 8.86. The predicted octanol–water partition coefficient (Wildman–Crippen LogP) is 5.17. The van der Waals surface area contributed by atoms with Crippen LogP contribution in [-0.2, 0) is 0 Å². The minimum Gasteiger partial charge on any atom is -0.113 e. The molecule has 0 radical (unpaired) electrons. The van der Waals surface area contributed by atoms with Crippen molar-refractivity contribution in [1.29, 1.82) is 0 Å². The monoisotopic (exact) mass is 252 g/mol. The summed E-state index contributed by atoms with van der Waals surface area (Å²) in [4.78, 5) is 0. The van der Waals surface area contributed by atoms with Gasteiger partial charge in [0.2, 0.25) is 0 Å². The third-order valence-electron chi connectivity index (χ3n) is 3.19. The summed E-state index contributed by atoms with van der Waals surface area (Å²) in [6.45, 7) is 0. The maximum Gasteiger partial charge on any atom is 0.0841 e. The number of hydrogen-bond acceptors (Lipinski definition) is 0. The third-order valence-corrected chi connectivity index (χ3v) is 3.68. The van der Waals surface area contributed by atoms with E-state index in [1.807, 2.05) is 18.2 Å². The number of fused-ring (bicyclic) bond motifs is 1. The van der Waals surface area contributed by atoms with Gasteiger partial charge in [-0.25, -0.2) is 0 Å². The summed E-state index contributed by atoms with van der Waals surface area (Å²) in [7, 11) is 0. The van der Waals surface area contributed by atoms with Gasteiger partial charge in [0.1, 0.15) is 0 Å². The van der Waals surface area contributed by atoms with E-state index in [4.69, 9.17) is 11.6 Å². The molecule has 0 aliphatic rings. The first-order valence-electron chi connectivity index (χ1n) is 6.03. The van der Waals surface area contributed by atoms with Crippen molar-refractivity contribution in [2.45, 2.75) is 5.38 Å². The topological polar surface area (TPSA) is 0 Å². The summed E-state index contributed by atoms with van der Waals surface area (Å²) in [5, 5.41) is 2.36. The van der Waals surface area contributed by atoms with Crippen molar-refractivity contribution in [2.24, 2.45) is 0 Å². The zero-order chi connectivity index (χ0) is 12.4. The Morgan fingerprint density at radius 3 is 2.17 bits per heavy atom. The van der Waals surface area contributed by atoms with Gasteiger partial charge in [0.15, 0.2) is 0 Å². The summed E-state index contributed by atoms with van der Waals surface area (Å²) < 4.78 is 0. The number of rotatable bonds is 2. The minimum absolute atomic E-state index is 0.0997. The standard InChI is InChI=1S/C17H13Cl/c18-17(14-8-2-1-3-9-14)16-12-6-10-13-7-4-5-11-15(13)16/h1-12,17H. The van der Waals surface area contributed by atoms with Gasteiger partial charge in [-0.15, -0.1) is 11.6 Å². The molecule has 1 atom stereocenters. The van der Waals surface area contributed by atoms with E-state index in [0.29, 0.717) is 0 Å². The third kappa shape index (κ3) is 2.00. The van der Waals surface area contributed by atoms with Crippen molar-refractivity contribution in [3.63, 3.8) is 0 Å². The second-order valence-electron chi connectivity index (χ2n) is 4.34. The van der Waals surface area contributed by atoms with E-state index < -0.39 is 0 Å². The second kappa shape index (κ2) is 4.83. The molecule has 0 aliphatic heterocycles. The SMILES string of the molecule is ClC(c1ccccc1)c1cccc2ccccc12. The molecule has 0 fully saturated rings. The van der Waals surface area contributed by atoms with Crippen LogP contribution in [0, 0.1) is 0 Å². The Morgan fingerprint density at radius 1 is 0.667 bits per heavy atom. The molecule has 1 unspecified atom stereocenters. The van der Waals surface area contributed by atoms with Crippen molar-refractivity contribution < 1.29 is 0 Å². The Bertz CT molecular complexity index is 653. The smallest absolute Gasteiger partial charge is 0.0841 e. The molecule has 0 spiro atoms. The molecule has 3 rings (SSSR count). The molecule has 3 aromatic rings. The van der Waals surface area contributed by atoms with Crippen molar-refractivity contribution in [1.82, 2.24) is 0 Å². The van der Waals surface area contributed by atoms with E-state index in [1.54, 1.807) is 0 Å². The normalized spacial score (nSPS) is 12.5. The molecule has 3 aromatic carbocycles. The molecule has 0 aliphatic carbocycles. The molecule has 0 amide bonds. The molecule has 18 heavy (non-hydrogen) atoms. The first kappa shape index (κ1) is 11.3. The van der Waals surface area contributed by atoms with Crippen LogP contribution < -0.4 is 0 Å². The van der Waals surface area contributed by atoms with Gasteiger partial charge in [-0.3, -0.25) is 0 Å². The molecular formula is C17H13Cl. The van der Waals surface area contributed by atoms with Crippen LogP contribution in [0.2, 0.25) is 0 Å². The van der Waals surface area contributed by atoms with Crippen LogP contribution in [0.3, 0.4) is 0 Å². The fourth-order valence-corrected chi connectivity index (χ4v) is 2.61. The van der Waals surface area contributed by atoms with Crippen LogP contribution in [0.5, 0.6) is 0 Å². The van der Waals surface area contributed by atoms with Crippen LogP contribution in [0.4, 0.5) is 0 Å². The van der Waals surface area contributed by atoms with Crippen molar-refractivity contribution >= 4 is 22.4 Å². The fraction of sp³-hybridized carbons (Fsp3) is 0.0588. The zero-order valence-electron chi connectivity index (χ0n) is 9.88. The number of benzene rings is 3. The average molecular weight is 253 g/mol. The Kier molecular flexibility index (Phi) is 3.04. The molecule has 0 aromatic heterocycles. The van der Waals surface area contributed by atoms with Gasteiger partial charge in [-0.05, 0) is 21.9 Å². The van der Waals surface area contributed by atoms with E-state index in [1.165, 1.54) is 16.3 Å². The molecule has 0 heterocycles. The largest absolute Gasteiger partial charge is 0.113 e. The lowest BCUT2D eigenvalue weighted by molar-refractivity contribution is 1.16. The summed E-state index contributed by atoms with van der Waals surface area (Å²) in [6, 6.07) is 24.8. The molecular weight excluding hydrogens is 240 g/mol. The van der Waals surface area contributed by atoms with Crippen LogP contribution in [0.1, 0.15) is 16.5 Å². The molecule has 0 nitrogen and oxygen atoms in total. The van der Waals surface area contributed by atoms with Gasteiger partial charge >= 0.3 is 0 Å². The highest BCUT2D eigenvalue weighted by Crippen LogP contribution is 2.33. The molecule has 0 saturated heterocycles. The molecule has 88 valence electrons. The summed E-state index contributed by atoms with van der Waals surface area (Å²) in [6.07, 6.45) is 0. The number of halogens is 1. The van der Waals surface area contributed by atoms with Gasteiger partial charge < -0.3 is 0 Å². The highest BCUT2D eigenvalue weighted by atomic mass is 35.5. The van der Waals surface area contributed by atoms with E-state index in [2.05, 4.69) is 54.6 Å². The average Bonchev–Trinajstić information content (AvgIpc) is 2.47. The zero-order valence-corrected chi connectivity index (χ0v) is 10.6. The quantitative estimate of drug-likeness (QED) is 0.552. The molecule has 1 heteroatoms. The minimum atomic E-state index is -0.0997. The van der Waals surface area contributed by atoms with Gasteiger partial charge in [-0.2, -0.15) is 0 Å². The van der Waals surface area contributed by atoms with Crippen LogP contribution >= 0.6 is 11.6 Å². The summed E-state index contributed by atoms with van der Waals surface area (Å²) in [5.74, 6) is 0. The lowest BCUT2D eigenvalue weighted by atomic mass is 9.98. The molecule has 0 bridgehead atoms. The fourth-order valence-electron chi connectivity index (χ4n) is 2.27. The van der Waals surface area contributed by atoms with Gasteiger partial charge in [0.05, 0.1) is 5.38 Å². The van der Waals surface area contributed by atoms with Gasteiger partial charge in [0, 0.05) is 0 Å². The predicted molar refractivity (Wildman–Crippen MR) is 78.1 cm³/mol. The Balaban J connectivity index is 2.15. The van der Waals surface area contributed by atoms with Gasteiger partial charge in [0.25, 0.3) is 0 Å². The highest BCUT2D eigenvalue weighted by Gasteiger charge is 2.12. The first-order valence-corrected chi connectivity index (χ1v) is 6.46. The Labute approximate surface area is 112 Å². The Hall–Kier alpha value is -1.79. The molecule has 0 N–H and O–H groups in total. The maximum atomic E-state index is 6.61. The van der Waals surface area contributed by atoms with E-state index in [0.717, 1.165) is 5.56 Å². The van der Waals surface area contributed by atoms with E-state index in [9.17, 15) is 0 Å². The van der Waals surface area contributed by atoms with E-state index in [-0.39, 0.29) is 5.38 Å². The van der Waals surface area contributed by atoms with Gasteiger partial charge in [-0.1, -0.05) is 72.8 Å². The summed E-state index contributed by atoms with van der Waals surface area (Å²) in [5.41, 5.74) is 2.30. The maximum absolute atomic E-state index is 6.61. The lowest BCUT2D eigenvalue weighted by Crippen LogP contribution is -1.94. The van der Waals surface area contributed by atoms with Crippen molar-refractivity contribution in [3.05, 3.63) is 83.9 Å².